The van der Waals surface area contributed by atoms with Gasteiger partial charge in [-0.1, -0.05) is 30.0 Å². The average Bonchev–Trinajstić information content (AvgIpc) is 3.39. The summed E-state index contributed by atoms with van der Waals surface area (Å²) in [7, 11) is 0. The summed E-state index contributed by atoms with van der Waals surface area (Å²) in [6, 6.07) is 8.99. The zero-order valence-corrected chi connectivity index (χ0v) is 21.8. The molecule has 0 unspecified atom stereocenters. The molecule has 12 heteroatoms. The smallest absolute Gasteiger partial charge is 0.310 e. The van der Waals surface area contributed by atoms with E-state index in [9.17, 15) is 29.6 Å². The van der Waals surface area contributed by atoms with Gasteiger partial charge in [-0.3, -0.25) is 34.4 Å². The summed E-state index contributed by atoms with van der Waals surface area (Å²) in [6.07, 6.45) is -0.123. The van der Waals surface area contributed by atoms with Gasteiger partial charge < -0.3 is 14.9 Å². The average molecular weight is 538 g/mol. The first-order valence-corrected chi connectivity index (χ1v) is 13.1. The summed E-state index contributed by atoms with van der Waals surface area (Å²) in [4.78, 5) is 60.5. The molecule has 3 aliphatic heterocycles. The Balaban J connectivity index is 1.40. The fraction of sp³-hybridized carbons (Fsp3) is 0.385. The number of rotatable bonds is 5. The largest absolute Gasteiger partial charge is 0.502 e. The number of aromatic hydroxyl groups is 1. The van der Waals surface area contributed by atoms with Crippen LogP contribution in [0.25, 0.3) is 0 Å². The molecule has 1 saturated heterocycles. The first kappa shape index (κ1) is 25.7. The van der Waals surface area contributed by atoms with Crippen molar-refractivity contribution < 1.29 is 24.4 Å². The maximum absolute atomic E-state index is 13.9. The topological polar surface area (TPSA) is 137 Å². The van der Waals surface area contributed by atoms with E-state index in [1.165, 1.54) is 18.2 Å². The molecular weight excluding hydrogens is 510 g/mol. The van der Waals surface area contributed by atoms with Gasteiger partial charge in [-0.2, -0.15) is 0 Å². The van der Waals surface area contributed by atoms with Crippen molar-refractivity contribution in [1.82, 2.24) is 14.7 Å². The highest BCUT2D eigenvalue weighted by molar-refractivity contribution is 8.15. The van der Waals surface area contributed by atoms with Crippen LogP contribution in [-0.4, -0.2) is 91.1 Å². The van der Waals surface area contributed by atoms with E-state index in [0.717, 1.165) is 16.6 Å². The molecule has 0 spiro atoms. The Bertz CT molecular complexity index is 1330. The second-order valence-corrected chi connectivity index (χ2v) is 11.8. The second kappa shape index (κ2) is 9.75. The van der Waals surface area contributed by atoms with Crippen molar-refractivity contribution in [2.24, 2.45) is 4.99 Å². The molecule has 0 saturated carbocycles. The molecule has 2 aromatic carbocycles. The Hall–Kier alpha value is -3.93. The van der Waals surface area contributed by atoms with Crippen LogP contribution in [0.2, 0.25) is 0 Å². The number of nitro groups is 1. The SMILES string of the molecule is CC1(C)CN=C(N2CCN(C(=O)[C@H](Cc3ccc(O)c([N+](=O)[O-])c3)N3C(=O)c4ccccc4C3=O)CC2)S1. The minimum absolute atomic E-state index is 0.0333. The highest BCUT2D eigenvalue weighted by Gasteiger charge is 2.44. The van der Waals surface area contributed by atoms with Crippen LogP contribution in [0.1, 0.15) is 40.1 Å². The van der Waals surface area contributed by atoms with Crippen LogP contribution in [-0.2, 0) is 11.2 Å². The van der Waals surface area contributed by atoms with E-state index < -0.39 is 40.1 Å². The van der Waals surface area contributed by atoms with E-state index in [0.29, 0.717) is 31.7 Å². The zero-order valence-electron chi connectivity index (χ0n) is 21.0. The van der Waals surface area contributed by atoms with E-state index in [-0.39, 0.29) is 22.3 Å². The summed E-state index contributed by atoms with van der Waals surface area (Å²) < 4.78 is 0.0333. The minimum atomic E-state index is -1.20. The first-order chi connectivity index (χ1) is 18.1. The molecule has 3 aliphatic rings. The number of hydrogen-bond donors (Lipinski definition) is 1. The molecular formula is C26H27N5O6S. The highest BCUT2D eigenvalue weighted by atomic mass is 32.2. The van der Waals surface area contributed by atoms with Gasteiger partial charge in [0.15, 0.2) is 10.9 Å². The Morgan fingerprint density at radius 1 is 1.11 bits per heavy atom. The number of nitro benzene ring substituents is 1. The van der Waals surface area contributed by atoms with Crippen molar-refractivity contribution in [3.8, 4) is 5.75 Å². The molecule has 3 heterocycles. The first-order valence-electron chi connectivity index (χ1n) is 12.3. The van der Waals surface area contributed by atoms with Crippen LogP contribution < -0.4 is 0 Å². The monoisotopic (exact) mass is 537 g/mol. The number of thioether (sulfide) groups is 1. The number of piperazine rings is 1. The standard InChI is InChI=1S/C26H27N5O6S/c1-26(2)15-27-25(38-26)29-11-9-28(10-12-29)24(35)20(14-16-7-8-21(32)19(13-16)31(36)37)30-22(33)17-5-3-4-6-18(17)23(30)34/h3-8,13,20,32H,9-12,14-15H2,1-2H3/t20-/m0/s1. The summed E-state index contributed by atoms with van der Waals surface area (Å²) in [6.45, 7) is 6.89. The summed E-state index contributed by atoms with van der Waals surface area (Å²) in [5, 5.41) is 22.2. The van der Waals surface area contributed by atoms with Gasteiger partial charge in [0.1, 0.15) is 6.04 Å². The molecule has 11 nitrogen and oxygen atoms in total. The zero-order chi connectivity index (χ0) is 27.2. The predicted octanol–water partition coefficient (Wildman–Crippen LogP) is 2.53. The van der Waals surface area contributed by atoms with Crippen LogP contribution in [0.15, 0.2) is 47.5 Å². The number of hydrogen-bond acceptors (Lipinski definition) is 9. The number of aliphatic imine (C=N–C) groups is 1. The lowest BCUT2D eigenvalue weighted by atomic mass is 10.0. The number of amides is 3. The molecule has 0 radical (unpaired) electrons. The fourth-order valence-electron chi connectivity index (χ4n) is 4.91. The maximum Gasteiger partial charge on any atom is 0.310 e. The second-order valence-electron chi connectivity index (χ2n) is 10.1. The Labute approximate surface area is 223 Å². The van der Waals surface area contributed by atoms with Crippen molar-refractivity contribution in [2.45, 2.75) is 31.1 Å². The van der Waals surface area contributed by atoms with Crippen LogP contribution in [0.3, 0.4) is 0 Å². The third kappa shape index (κ3) is 4.71. The fourth-order valence-corrected chi connectivity index (χ4v) is 5.97. The Morgan fingerprint density at radius 3 is 2.29 bits per heavy atom. The minimum Gasteiger partial charge on any atom is -0.502 e. The van der Waals surface area contributed by atoms with Gasteiger partial charge in [-0.15, -0.1) is 0 Å². The molecule has 38 heavy (non-hydrogen) atoms. The van der Waals surface area contributed by atoms with E-state index >= 15 is 0 Å². The normalized spacial score (nSPS) is 19.4. The lowest BCUT2D eigenvalue weighted by Gasteiger charge is -2.38. The molecule has 0 bridgehead atoms. The van der Waals surface area contributed by atoms with E-state index in [1.807, 2.05) is 0 Å². The molecule has 1 fully saturated rings. The van der Waals surface area contributed by atoms with E-state index in [2.05, 4.69) is 23.7 Å². The number of nitrogens with zero attached hydrogens (tertiary/aromatic N) is 5. The van der Waals surface area contributed by atoms with Crippen LogP contribution in [0.4, 0.5) is 5.69 Å². The number of carbonyl (C=O) groups is 3. The van der Waals surface area contributed by atoms with Gasteiger partial charge in [0, 0.05) is 43.4 Å². The van der Waals surface area contributed by atoms with Gasteiger partial charge in [0.2, 0.25) is 5.91 Å². The number of phenolic OH excluding ortho intramolecular Hbond substituents is 1. The van der Waals surface area contributed by atoms with Crippen molar-refractivity contribution in [2.75, 3.05) is 32.7 Å². The van der Waals surface area contributed by atoms with Gasteiger partial charge in [-0.05, 0) is 37.6 Å². The van der Waals surface area contributed by atoms with E-state index in [4.69, 9.17) is 0 Å². The van der Waals surface area contributed by atoms with Gasteiger partial charge in [-0.25, -0.2) is 0 Å². The van der Waals surface area contributed by atoms with Gasteiger partial charge in [0.25, 0.3) is 11.8 Å². The quantitative estimate of drug-likeness (QED) is 0.349. The third-order valence-electron chi connectivity index (χ3n) is 6.91. The van der Waals surface area contributed by atoms with Crippen molar-refractivity contribution in [1.29, 1.82) is 0 Å². The van der Waals surface area contributed by atoms with Crippen LogP contribution >= 0.6 is 11.8 Å². The maximum atomic E-state index is 13.9. The van der Waals surface area contributed by atoms with Crippen molar-refractivity contribution >= 4 is 40.3 Å². The molecule has 5 rings (SSSR count). The third-order valence-corrected chi connectivity index (χ3v) is 8.16. The van der Waals surface area contributed by atoms with Gasteiger partial charge >= 0.3 is 5.69 Å². The molecule has 0 aliphatic carbocycles. The number of benzene rings is 2. The number of amidine groups is 1. The lowest BCUT2D eigenvalue weighted by molar-refractivity contribution is -0.385. The Morgan fingerprint density at radius 2 is 1.74 bits per heavy atom. The number of imide groups is 1. The summed E-state index contributed by atoms with van der Waals surface area (Å²) in [5.74, 6) is -2.06. The molecule has 198 valence electrons. The number of fused-ring (bicyclic) bond motifs is 1. The molecule has 3 amide bonds. The van der Waals surface area contributed by atoms with Crippen LogP contribution in [0.5, 0.6) is 5.75 Å². The Kier molecular flexibility index (Phi) is 6.59. The molecule has 1 N–H and O–H groups in total. The molecule has 2 aromatic rings. The lowest BCUT2D eigenvalue weighted by Crippen LogP contribution is -2.57. The van der Waals surface area contributed by atoms with Crippen molar-refractivity contribution in [3.05, 3.63) is 69.3 Å². The van der Waals surface area contributed by atoms with E-state index in [1.54, 1.807) is 40.9 Å². The predicted molar refractivity (Wildman–Crippen MR) is 141 cm³/mol. The molecule has 1 atom stereocenters. The van der Waals surface area contributed by atoms with Crippen LogP contribution in [0, 0.1) is 10.1 Å². The number of phenols is 1. The number of carbonyl (C=O) groups excluding carboxylic acids is 3. The molecule has 0 aromatic heterocycles. The summed E-state index contributed by atoms with van der Waals surface area (Å²) >= 11 is 1.71. The van der Waals surface area contributed by atoms with Gasteiger partial charge in [0.05, 0.1) is 22.6 Å². The highest BCUT2D eigenvalue weighted by Crippen LogP contribution is 2.34. The summed E-state index contributed by atoms with van der Waals surface area (Å²) in [5.41, 5.74) is 0.274. The van der Waals surface area contributed by atoms with Crippen molar-refractivity contribution in [3.63, 3.8) is 0 Å².